The van der Waals surface area contributed by atoms with Crippen molar-refractivity contribution in [2.45, 2.75) is 11.8 Å². The van der Waals surface area contributed by atoms with Crippen molar-refractivity contribution in [2.24, 2.45) is 0 Å². The van der Waals surface area contributed by atoms with E-state index in [1.807, 2.05) is 19.1 Å². The molecular formula is C18H18F2N2O3S. The Morgan fingerprint density at radius 3 is 2.15 bits per heavy atom. The van der Waals surface area contributed by atoms with Gasteiger partial charge in [0.25, 0.3) is 5.91 Å². The van der Waals surface area contributed by atoms with Crippen molar-refractivity contribution in [2.75, 3.05) is 26.2 Å². The smallest absolute Gasteiger partial charge is 0.253 e. The van der Waals surface area contributed by atoms with E-state index in [1.54, 1.807) is 17.0 Å². The van der Waals surface area contributed by atoms with Gasteiger partial charge in [-0.25, -0.2) is 17.2 Å². The molecule has 138 valence electrons. The maximum atomic E-state index is 13.8. The standard InChI is InChI=1S/C18H18F2N2O3S/c1-13-2-4-14(5-3-13)18(23)21-8-10-22(11-9-21)26(24,25)17-7-6-15(19)12-16(17)20/h2-7,12H,8-11H2,1H3. The summed E-state index contributed by atoms with van der Waals surface area (Å²) < 4.78 is 53.1. The van der Waals surface area contributed by atoms with Gasteiger partial charge in [-0.2, -0.15) is 4.31 Å². The van der Waals surface area contributed by atoms with Gasteiger partial charge < -0.3 is 4.90 Å². The topological polar surface area (TPSA) is 57.7 Å². The molecule has 0 aliphatic carbocycles. The highest BCUT2D eigenvalue weighted by Gasteiger charge is 2.32. The molecule has 2 aromatic rings. The summed E-state index contributed by atoms with van der Waals surface area (Å²) in [4.78, 5) is 13.5. The van der Waals surface area contributed by atoms with Crippen molar-refractivity contribution < 1.29 is 22.0 Å². The minimum atomic E-state index is -4.08. The van der Waals surface area contributed by atoms with Gasteiger partial charge in [-0.15, -0.1) is 0 Å². The molecule has 1 saturated heterocycles. The van der Waals surface area contributed by atoms with Gasteiger partial charge in [0.15, 0.2) is 0 Å². The van der Waals surface area contributed by atoms with Crippen LogP contribution in [0.1, 0.15) is 15.9 Å². The maximum absolute atomic E-state index is 13.8. The molecular weight excluding hydrogens is 362 g/mol. The lowest BCUT2D eigenvalue weighted by molar-refractivity contribution is 0.0697. The van der Waals surface area contributed by atoms with Crippen molar-refractivity contribution in [3.05, 3.63) is 65.2 Å². The Balaban J connectivity index is 1.71. The quantitative estimate of drug-likeness (QED) is 0.822. The number of sulfonamides is 1. The summed E-state index contributed by atoms with van der Waals surface area (Å²) in [5.41, 5.74) is 1.58. The number of carbonyl (C=O) groups excluding carboxylic acids is 1. The fraction of sp³-hybridized carbons (Fsp3) is 0.278. The third kappa shape index (κ3) is 3.61. The molecule has 2 aromatic carbocycles. The molecule has 0 radical (unpaired) electrons. The van der Waals surface area contributed by atoms with E-state index >= 15 is 0 Å². The third-order valence-corrected chi connectivity index (χ3v) is 6.27. The van der Waals surface area contributed by atoms with Gasteiger partial charge in [-0.1, -0.05) is 17.7 Å². The normalized spacial score (nSPS) is 15.9. The Bertz CT molecular complexity index is 922. The average molecular weight is 380 g/mol. The molecule has 5 nitrogen and oxygen atoms in total. The van der Waals surface area contributed by atoms with Gasteiger partial charge in [0.2, 0.25) is 10.0 Å². The van der Waals surface area contributed by atoms with Gasteiger partial charge in [0.05, 0.1) is 0 Å². The number of rotatable bonds is 3. The third-order valence-electron chi connectivity index (χ3n) is 4.34. The van der Waals surface area contributed by atoms with Crippen LogP contribution in [0.3, 0.4) is 0 Å². The number of nitrogens with zero attached hydrogens (tertiary/aromatic N) is 2. The van der Waals surface area contributed by atoms with Crippen LogP contribution in [-0.4, -0.2) is 49.7 Å². The van der Waals surface area contributed by atoms with Crippen LogP contribution in [0.2, 0.25) is 0 Å². The van der Waals surface area contributed by atoms with E-state index < -0.39 is 26.6 Å². The van der Waals surface area contributed by atoms with Gasteiger partial charge in [-0.05, 0) is 31.2 Å². The number of amides is 1. The van der Waals surface area contributed by atoms with E-state index in [0.29, 0.717) is 11.6 Å². The van der Waals surface area contributed by atoms with Gasteiger partial charge in [0, 0.05) is 37.8 Å². The first-order chi connectivity index (χ1) is 12.3. The fourth-order valence-electron chi connectivity index (χ4n) is 2.83. The first kappa shape index (κ1) is 18.5. The molecule has 1 fully saturated rings. The number of piperazine rings is 1. The lowest BCUT2D eigenvalue weighted by Crippen LogP contribution is -2.50. The molecule has 0 N–H and O–H groups in total. The molecule has 1 amide bonds. The lowest BCUT2D eigenvalue weighted by Gasteiger charge is -2.34. The number of halogens is 2. The van der Waals surface area contributed by atoms with Crippen molar-refractivity contribution in [3.63, 3.8) is 0 Å². The molecule has 1 aliphatic heterocycles. The molecule has 0 bridgehead atoms. The van der Waals surface area contributed by atoms with E-state index in [1.165, 1.54) is 0 Å². The zero-order valence-corrected chi connectivity index (χ0v) is 15.0. The van der Waals surface area contributed by atoms with Crippen molar-refractivity contribution in [3.8, 4) is 0 Å². The largest absolute Gasteiger partial charge is 0.336 e. The first-order valence-electron chi connectivity index (χ1n) is 8.10. The van der Waals surface area contributed by atoms with Crippen molar-refractivity contribution in [1.29, 1.82) is 0 Å². The molecule has 1 aliphatic rings. The second-order valence-corrected chi connectivity index (χ2v) is 8.04. The summed E-state index contributed by atoms with van der Waals surface area (Å²) in [6.07, 6.45) is 0. The molecule has 0 aromatic heterocycles. The predicted molar refractivity (Wildman–Crippen MR) is 92.2 cm³/mol. The van der Waals surface area contributed by atoms with E-state index in [0.717, 1.165) is 22.0 Å². The van der Waals surface area contributed by atoms with Crippen LogP contribution in [-0.2, 0) is 10.0 Å². The SMILES string of the molecule is Cc1ccc(C(=O)N2CCN(S(=O)(=O)c3ccc(F)cc3F)CC2)cc1. The predicted octanol–water partition coefficient (Wildman–Crippen LogP) is 2.42. The van der Waals surface area contributed by atoms with Crippen LogP contribution in [0, 0.1) is 18.6 Å². The molecule has 0 atom stereocenters. The Morgan fingerprint density at radius 2 is 1.58 bits per heavy atom. The molecule has 0 saturated carbocycles. The molecule has 26 heavy (non-hydrogen) atoms. The molecule has 8 heteroatoms. The van der Waals surface area contributed by atoms with Crippen LogP contribution in [0.15, 0.2) is 47.4 Å². The van der Waals surface area contributed by atoms with Crippen LogP contribution in [0.4, 0.5) is 8.78 Å². The maximum Gasteiger partial charge on any atom is 0.253 e. The van der Waals surface area contributed by atoms with E-state index in [9.17, 15) is 22.0 Å². The Labute approximate surface area is 150 Å². The Kier molecular flexibility index (Phi) is 5.06. The zero-order valence-electron chi connectivity index (χ0n) is 14.2. The highest BCUT2D eigenvalue weighted by Crippen LogP contribution is 2.22. The van der Waals surface area contributed by atoms with Crippen molar-refractivity contribution >= 4 is 15.9 Å². The van der Waals surface area contributed by atoms with Gasteiger partial charge in [-0.3, -0.25) is 4.79 Å². The summed E-state index contributed by atoms with van der Waals surface area (Å²) in [6, 6.07) is 9.51. The van der Waals surface area contributed by atoms with Crippen molar-refractivity contribution in [1.82, 2.24) is 9.21 Å². The number of aryl methyl sites for hydroxylation is 1. The zero-order chi connectivity index (χ0) is 18.9. The number of benzene rings is 2. The van der Waals surface area contributed by atoms with Crippen LogP contribution >= 0.6 is 0 Å². The highest BCUT2D eigenvalue weighted by molar-refractivity contribution is 7.89. The lowest BCUT2D eigenvalue weighted by atomic mass is 10.1. The summed E-state index contributed by atoms with van der Waals surface area (Å²) in [6.45, 7) is 2.43. The van der Waals surface area contributed by atoms with Crippen LogP contribution < -0.4 is 0 Å². The minimum absolute atomic E-state index is 0.0523. The summed E-state index contributed by atoms with van der Waals surface area (Å²) in [5, 5.41) is 0. The average Bonchev–Trinajstić information content (AvgIpc) is 2.61. The van der Waals surface area contributed by atoms with E-state index in [-0.39, 0.29) is 32.1 Å². The summed E-state index contributed by atoms with van der Waals surface area (Å²) in [7, 11) is -4.08. The summed E-state index contributed by atoms with van der Waals surface area (Å²) >= 11 is 0. The Hall–Kier alpha value is -2.32. The molecule has 1 heterocycles. The Morgan fingerprint density at radius 1 is 0.962 bits per heavy atom. The number of hydrogen-bond donors (Lipinski definition) is 0. The second-order valence-electron chi connectivity index (χ2n) is 6.14. The molecule has 3 rings (SSSR count). The highest BCUT2D eigenvalue weighted by atomic mass is 32.2. The van der Waals surface area contributed by atoms with E-state index in [4.69, 9.17) is 0 Å². The van der Waals surface area contributed by atoms with Gasteiger partial charge >= 0.3 is 0 Å². The molecule has 0 spiro atoms. The van der Waals surface area contributed by atoms with E-state index in [2.05, 4.69) is 0 Å². The summed E-state index contributed by atoms with van der Waals surface area (Å²) in [5.74, 6) is -2.13. The van der Waals surface area contributed by atoms with Gasteiger partial charge in [0.1, 0.15) is 16.5 Å². The van der Waals surface area contributed by atoms with Crippen LogP contribution in [0.5, 0.6) is 0 Å². The number of hydrogen-bond acceptors (Lipinski definition) is 3. The monoisotopic (exact) mass is 380 g/mol. The second kappa shape index (κ2) is 7.13. The molecule has 0 unspecified atom stereocenters. The number of carbonyl (C=O) groups is 1. The first-order valence-corrected chi connectivity index (χ1v) is 9.54. The fourth-order valence-corrected chi connectivity index (χ4v) is 4.30. The van der Waals surface area contributed by atoms with Crippen LogP contribution in [0.25, 0.3) is 0 Å². The minimum Gasteiger partial charge on any atom is -0.336 e.